The maximum atomic E-state index is 11.9. The van der Waals surface area contributed by atoms with Crippen LogP contribution in [0.2, 0.25) is 0 Å². The van der Waals surface area contributed by atoms with E-state index in [2.05, 4.69) is 17.1 Å². The zero-order valence-electron chi connectivity index (χ0n) is 12.1. The van der Waals surface area contributed by atoms with Crippen molar-refractivity contribution in [2.75, 3.05) is 18.8 Å². The smallest absolute Gasteiger partial charge is 0.237 e. The Bertz CT molecular complexity index is 389. The maximum Gasteiger partial charge on any atom is 0.237 e. The van der Waals surface area contributed by atoms with Gasteiger partial charge in [0.25, 0.3) is 0 Å². The lowest BCUT2D eigenvalue weighted by atomic mass is 10.1. The minimum Gasteiger partial charge on any atom is -0.399 e. The molecule has 0 aromatic heterocycles. The molecule has 0 bridgehead atoms. The Balaban J connectivity index is 2.71. The lowest BCUT2D eigenvalue weighted by Gasteiger charge is -2.27. The first-order valence-corrected chi connectivity index (χ1v) is 6.94. The molecule has 4 nitrogen and oxygen atoms in total. The van der Waals surface area contributed by atoms with Gasteiger partial charge >= 0.3 is 0 Å². The number of anilines is 1. The molecule has 4 heteroatoms. The number of hydrogen-bond donors (Lipinski definition) is 2. The molecule has 1 amide bonds. The van der Waals surface area contributed by atoms with Crippen molar-refractivity contribution < 1.29 is 4.79 Å². The van der Waals surface area contributed by atoms with Gasteiger partial charge in [-0.1, -0.05) is 19.1 Å². The van der Waals surface area contributed by atoms with Gasteiger partial charge in [0.2, 0.25) is 5.91 Å². The molecule has 0 heterocycles. The molecule has 1 rings (SSSR count). The highest BCUT2D eigenvalue weighted by atomic mass is 16.2. The number of rotatable bonds is 7. The lowest BCUT2D eigenvalue weighted by Crippen LogP contribution is -2.45. The summed E-state index contributed by atoms with van der Waals surface area (Å²) in [6, 6.07) is 7.72. The number of nitrogens with two attached hydrogens (primary N) is 1. The fourth-order valence-corrected chi connectivity index (χ4v) is 2.04. The highest BCUT2D eigenvalue weighted by Gasteiger charge is 2.20. The highest BCUT2D eigenvalue weighted by Crippen LogP contribution is 2.11. The van der Waals surface area contributed by atoms with Gasteiger partial charge in [-0.15, -0.1) is 0 Å². The predicted molar refractivity (Wildman–Crippen MR) is 79.7 cm³/mol. The number of nitrogen functional groups attached to an aromatic ring is 1. The van der Waals surface area contributed by atoms with Crippen molar-refractivity contribution >= 4 is 11.6 Å². The topological polar surface area (TPSA) is 58.4 Å². The summed E-state index contributed by atoms with van der Waals surface area (Å²) in [5.74, 6) is 0.0893. The van der Waals surface area contributed by atoms with Crippen LogP contribution in [-0.2, 0) is 11.3 Å². The van der Waals surface area contributed by atoms with Crippen molar-refractivity contribution in [3.05, 3.63) is 29.8 Å². The summed E-state index contributed by atoms with van der Waals surface area (Å²) in [4.78, 5) is 14.1. The summed E-state index contributed by atoms with van der Waals surface area (Å²) in [6.07, 6.45) is 1.03. The normalized spacial score (nSPS) is 12.4. The lowest BCUT2D eigenvalue weighted by molar-refractivity contribution is -0.126. The van der Waals surface area contributed by atoms with Crippen LogP contribution in [0.5, 0.6) is 0 Å². The minimum absolute atomic E-state index is 0.0893. The predicted octanol–water partition coefficient (Wildman–Crippen LogP) is 2.01. The minimum atomic E-state index is -0.113. The molecule has 106 valence electrons. The van der Waals surface area contributed by atoms with Crippen LogP contribution in [0.4, 0.5) is 5.69 Å². The largest absolute Gasteiger partial charge is 0.399 e. The zero-order chi connectivity index (χ0) is 14.3. The first-order chi connectivity index (χ1) is 9.08. The van der Waals surface area contributed by atoms with Gasteiger partial charge in [-0.2, -0.15) is 0 Å². The molecule has 0 fully saturated rings. The Morgan fingerprint density at radius 3 is 2.47 bits per heavy atom. The van der Waals surface area contributed by atoms with Crippen molar-refractivity contribution in [3.8, 4) is 0 Å². The van der Waals surface area contributed by atoms with E-state index in [9.17, 15) is 4.79 Å². The molecule has 1 aromatic carbocycles. The van der Waals surface area contributed by atoms with Crippen molar-refractivity contribution in [1.82, 2.24) is 10.2 Å². The fraction of sp³-hybridized carbons (Fsp3) is 0.533. The van der Waals surface area contributed by atoms with Gasteiger partial charge in [-0.05, 0) is 44.5 Å². The number of benzene rings is 1. The Morgan fingerprint density at radius 1 is 1.32 bits per heavy atom. The number of likely N-dealkylation sites (N-methyl/N-ethyl adjacent to an activating group) is 1. The molecule has 1 aromatic rings. The molecular formula is C15H25N3O. The maximum absolute atomic E-state index is 11.9. The molecule has 1 unspecified atom stereocenters. The van der Waals surface area contributed by atoms with Gasteiger partial charge < -0.3 is 11.1 Å². The Labute approximate surface area is 116 Å². The van der Waals surface area contributed by atoms with Gasteiger partial charge in [0.1, 0.15) is 0 Å². The first kappa shape index (κ1) is 15.5. The second-order valence-electron chi connectivity index (χ2n) is 4.78. The highest BCUT2D eigenvalue weighted by molar-refractivity contribution is 5.81. The van der Waals surface area contributed by atoms with Crippen LogP contribution < -0.4 is 11.1 Å². The van der Waals surface area contributed by atoms with E-state index in [4.69, 9.17) is 5.73 Å². The SMILES string of the molecule is CCCN(Cc1ccc(N)cc1)C(C)C(=O)NCC. The van der Waals surface area contributed by atoms with E-state index in [-0.39, 0.29) is 11.9 Å². The molecule has 0 aliphatic heterocycles. The Morgan fingerprint density at radius 2 is 1.95 bits per heavy atom. The van der Waals surface area contributed by atoms with Gasteiger partial charge in [-0.25, -0.2) is 0 Å². The number of amides is 1. The standard InChI is InChI=1S/C15H25N3O/c1-4-10-18(12(3)15(19)17-5-2)11-13-6-8-14(16)9-7-13/h6-9,12H,4-5,10-11,16H2,1-3H3,(H,17,19). The number of hydrogen-bond acceptors (Lipinski definition) is 3. The van der Waals surface area contributed by atoms with E-state index >= 15 is 0 Å². The molecule has 19 heavy (non-hydrogen) atoms. The molecule has 1 atom stereocenters. The average Bonchev–Trinajstić information content (AvgIpc) is 2.40. The second-order valence-corrected chi connectivity index (χ2v) is 4.78. The Hall–Kier alpha value is -1.55. The molecule has 0 aliphatic rings. The molecule has 0 saturated heterocycles. The van der Waals surface area contributed by atoms with E-state index in [1.54, 1.807) is 0 Å². The Kier molecular flexibility index (Phi) is 6.36. The fourth-order valence-electron chi connectivity index (χ4n) is 2.04. The third kappa shape index (κ3) is 4.91. The van der Waals surface area contributed by atoms with Crippen molar-refractivity contribution in [2.45, 2.75) is 39.8 Å². The molecular weight excluding hydrogens is 238 g/mol. The number of nitrogens with zero attached hydrogens (tertiary/aromatic N) is 1. The monoisotopic (exact) mass is 263 g/mol. The quantitative estimate of drug-likeness (QED) is 0.740. The molecule has 0 spiro atoms. The van der Waals surface area contributed by atoms with Gasteiger partial charge in [-0.3, -0.25) is 9.69 Å². The van der Waals surface area contributed by atoms with Gasteiger partial charge in [0.15, 0.2) is 0 Å². The van der Waals surface area contributed by atoms with Crippen molar-refractivity contribution in [3.63, 3.8) is 0 Å². The number of carbonyl (C=O) groups is 1. The van der Waals surface area contributed by atoms with Crippen LogP contribution in [0.15, 0.2) is 24.3 Å². The second kappa shape index (κ2) is 7.79. The number of nitrogens with one attached hydrogen (secondary N) is 1. The molecule has 0 saturated carbocycles. The first-order valence-electron chi connectivity index (χ1n) is 6.94. The van der Waals surface area contributed by atoms with Crippen LogP contribution in [-0.4, -0.2) is 29.9 Å². The summed E-state index contributed by atoms with van der Waals surface area (Å²) in [6.45, 7) is 8.37. The summed E-state index contributed by atoms with van der Waals surface area (Å²) in [5, 5.41) is 2.88. The zero-order valence-corrected chi connectivity index (χ0v) is 12.1. The summed E-state index contributed by atoms with van der Waals surface area (Å²) in [7, 11) is 0. The van der Waals surface area contributed by atoms with Crippen LogP contribution in [0.3, 0.4) is 0 Å². The van der Waals surface area contributed by atoms with Crippen molar-refractivity contribution in [1.29, 1.82) is 0 Å². The van der Waals surface area contributed by atoms with Crippen LogP contribution in [0.1, 0.15) is 32.8 Å². The van der Waals surface area contributed by atoms with Gasteiger partial charge in [0, 0.05) is 18.8 Å². The van der Waals surface area contributed by atoms with E-state index in [1.807, 2.05) is 38.1 Å². The summed E-state index contributed by atoms with van der Waals surface area (Å²) >= 11 is 0. The van der Waals surface area contributed by atoms with Crippen LogP contribution >= 0.6 is 0 Å². The third-order valence-corrected chi connectivity index (χ3v) is 3.15. The van der Waals surface area contributed by atoms with Crippen molar-refractivity contribution in [2.24, 2.45) is 0 Å². The van der Waals surface area contributed by atoms with E-state index in [1.165, 1.54) is 5.56 Å². The number of carbonyl (C=O) groups excluding carboxylic acids is 1. The molecule has 3 N–H and O–H groups in total. The van der Waals surface area contributed by atoms with Gasteiger partial charge in [0.05, 0.1) is 6.04 Å². The van der Waals surface area contributed by atoms with Crippen LogP contribution in [0, 0.1) is 0 Å². The average molecular weight is 263 g/mol. The van der Waals surface area contributed by atoms with Crippen LogP contribution in [0.25, 0.3) is 0 Å². The van der Waals surface area contributed by atoms with E-state index < -0.39 is 0 Å². The summed E-state index contributed by atoms with van der Waals surface area (Å²) in [5.41, 5.74) is 7.63. The summed E-state index contributed by atoms with van der Waals surface area (Å²) < 4.78 is 0. The van der Waals surface area contributed by atoms with E-state index in [0.717, 1.165) is 25.2 Å². The molecule has 0 radical (unpaired) electrons. The molecule has 0 aliphatic carbocycles. The van der Waals surface area contributed by atoms with E-state index in [0.29, 0.717) is 6.54 Å². The third-order valence-electron chi connectivity index (χ3n) is 3.15.